The number of nitrogens with one attached hydrogen (secondary N) is 1. The molecule has 0 saturated carbocycles. The lowest BCUT2D eigenvalue weighted by Gasteiger charge is -2.29. The van der Waals surface area contributed by atoms with E-state index >= 15 is 0 Å². The molecular weight excluding hydrogens is 392 g/mol. The summed E-state index contributed by atoms with van der Waals surface area (Å²) in [5.41, 5.74) is 2.56. The average Bonchev–Trinajstić information content (AvgIpc) is 2.75. The molecule has 3 rings (SSSR count). The number of ether oxygens (including phenoxy) is 2. The van der Waals surface area contributed by atoms with Crippen LogP contribution < -0.4 is 14.8 Å². The summed E-state index contributed by atoms with van der Waals surface area (Å²) in [4.78, 5) is 12.0. The smallest absolute Gasteiger partial charge is 0.251 e. The van der Waals surface area contributed by atoms with E-state index in [1.165, 1.54) is 4.31 Å². The van der Waals surface area contributed by atoms with Crippen LogP contribution >= 0.6 is 0 Å². The van der Waals surface area contributed by atoms with Gasteiger partial charge < -0.3 is 14.8 Å². The molecule has 2 aromatic rings. The summed E-state index contributed by atoms with van der Waals surface area (Å²) in [5.74, 6) is 1.03. The zero-order valence-corrected chi connectivity index (χ0v) is 17.5. The molecule has 1 amide bonds. The number of benzene rings is 2. The van der Waals surface area contributed by atoms with Crippen molar-refractivity contribution in [3.05, 3.63) is 59.2 Å². The van der Waals surface area contributed by atoms with Crippen molar-refractivity contribution in [1.82, 2.24) is 9.62 Å². The molecular formula is C21H26N2O5S. The first-order valence-electron chi connectivity index (χ1n) is 9.49. The first-order chi connectivity index (χ1) is 13.9. The van der Waals surface area contributed by atoms with Crippen molar-refractivity contribution in [2.45, 2.75) is 19.4 Å². The van der Waals surface area contributed by atoms with Crippen molar-refractivity contribution in [3.8, 4) is 11.5 Å². The van der Waals surface area contributed by atoms with Gasteiger partial charge in [0, 0.05) is 25.2 Å². The van der Waals surface area contributed by atoms with Crippen molar-refractivity contribution >= 4 is 15.9 Å². The number of hydrogen-bond donors (Lipinski definition) is 1. The second-order valence-electron chi connectivity index (χ2n) is 6.85. The molecule has 0 radical (unpaired) electrons. The molecule has 0 atom stereocenters. The number of carbonyl (C=O) groups is 1. The first kappa shape index (κ1) is 21.1. The van der Waals surface area contributed by atoms with Gasteiger partial charge >= 0.3 is 0 Å². The molecule has 0 aromatic heterocycles. The third kappa shape index (κ3) is 5.07. The monoisotopic (exact) mass is 418 g/mol. The van der Waals surface area contributed by atoms with Gasteiger partial charge in [0.05, 0.1) is 20.0 Å². The minimum Gasteiger partial charge on any atom is -0.493 e. The Bertz CT molecular complexity index is 961. The van der Waals surface area contributed by atoms with E-state index in [0.717, 1.165) is 11.1 Å². The molecule has 1 aliphatic rings. The Balaban J connectivity index is 1.56. The van der Waals surface area contributed by atoms with Crippen molar-refractivity contribution in [3.63, 3.8) is 0 Å². The topological polar surface area (TPSA) is 84.9 Å². The lowest BCUT2D eigenvalue weighted by Crippen LogP contribution is -2.38. The highest BCUT2D eigenvalue weighted by Crippen LogP contribution is 2.33. The molecule has 2 aromatic carbocycles. The average molecular weight is 419 g/mol. The molecule has 0 unspecified atom stereocenters. The summed E-state index contributed by atoms with van der Waals surface area (Å²) in [7, 11) is -0.269. The van der Waals surface area contributed by atoms with E-state index in [0.29, 0.717) is 49.5 Å². The SMILES string of the molecule is COc1cc2c(cc1OC)CN(S(=O)(=O)CCCNC(=O)c1ccccc1)CC2. The zero-order chi connectivity index (χ0) is 20.9. The Kier molecular flexibility index (Phi) is 6.76. The predicted octanol–water partition coefficient (Wildman–Crippen LogP) is 2.21. The second kappa shape index (κ2) is 9.28. The molecule has 1 aliphatic heterocycles. The Morgan fingerprint density at radius 2 is 1.72 bits per heavy atom. The van der Waals surface area contributed by atoms with Crippen LogP contribution in [0.1, 0.15) is 27.9 Å². The van der Waals surface area contributed by atoms with Gasteiger partial charge in [-0.15, -0.1) is 0 Å². The van der Waals surface area contributed by atoms with E-state index in [4.69, 9.17) is 9.47 Å². The Labute approximate surface area is 171 Å². The normalized spacial score (nSPS) is 14.1. The van der Waals surface area contributed by atoms with Gasteiger partial charge in [-0.2, -0.15) is 4.31 Å². The summed E-state index contributed by atoms with van der Waals surface area (Å²) in [6, 6.07) is 12.6. The van der Waals surface area contributed by atoms with E-state index in [-0.39, 0.29) is 11.7 Å². The molecule has 1 N–H and O–H groups in total. The fourth-order valence-electron chi connectivity index (χ4n) is 3.37. The zero-order valence-electron chi connectivity index (χ0n) is 16.7. The predicted molar refractivity (Wildman–Crippen MR) is 111 cm³/mol. The van der Waals surface area contributed by atoms with Gasteiger partial charge in [0.25, 0.3) is 5.91 Å². The van der Waals surface area contributed by atoms with Gasteiger partial charge in [0.2, 0.25) is 10.0 Å². The lowest BCUT2D eigenvalue weighted by atomic mass is 10.0. The van der Waals surface area contributed by atoms with Crippen LogP contribution in [0.2, 0.25) is 0 Å². The van der Waals surface area contributed by atoms with Crippen molar-refractivity contribution in [2.75, 3.05) is 33.1 Å². The van der Waals surface area contributed by atoms with Gasteiger partial charge in [-0.3, -0.25) is 4.79 Å². The minimum absolute atomic E-state index is 0.00923. The highest BCUT2D eigenvalue weighted by atomic mass is 32.2. The number of methoxy groups -OCH3 is 2. The summed E-state index contributed by atoms with van der Waals surface area (Å²) in [6.07, 6.45) is 0.982. The van der Waals surface area contributed by atoms with E-state index in [2.05, 4.69) is 5.32 Å². The van der Waals surface area contributed by atoms with Crippen LogP contribution in [0.15, 0.2) is 42.5 Å². The molecule has 156 valence electrons. The van der Waals surface area contributed by atoms with Gasteiger partial charge in [-0.1, -0.05) is 18.2 Å². The van der Waals surface area contributed by atoms with Crippen LogP contribution in [0.3, 0.4) is 0 Å². The van der Waals surface area contributed by atoms with E-state index in [9.17, 15) is 13.2 Å². The molecule has 29 heavy (non-hydrogen) atoms. The fraction of sp³-hybridized carbons (Fsp3) is 0.381. The number of rotatable bonds is 8. The van der Waals surface area contributed by atoms with E-state index in [1.807, 2.05) is 18.2 Å². The molecule has 0 spiro atoms. The van der Waals surface area contributed by atoms with Crippen LogP contribution in [0, 0.1) is 0 Å². The van der Waals surface area contributed by atoms with Gasteiger partial charge in [0.15, 0.2) is 11.5 Å². The second-order valence-corrected chi connectivity index (χ2v) is 8.94. The van der Waals surface area contributed by atoms with Gasteiger partial charge in [0.1, 0.15) is 0 Å². The molecule has 8 heteroatoms. The van der Waals surface area contributed by atoms with Crippen molar-refractivity contribution in [2.24, 2.45) is 0 Å². The van der Waals surface area contributed by atoms with Crippen LogP contribution in [0.25, 0.3) is 0 Å². The summed E-state index contributed by atoms with van der Waals surface area (Å²) in [5, 5.41) is 2.77. The van der Waals surface area contributed by atoms with Crippen LogP contribution in [-0.4, -0.2) is 51.7 Å². The Morgan fingerprint density at radius 3 is 2.38 bits per heavy atom. The van der Waals surface area contributed by atoms with Crippen LogP contribution in [-0.2, 0) is 23.0 Å². The highest BCUT2D eigenvalue weighted by molar-refractivity contribution is 7.89. The molecule has 1 heterocycles. The van der Waals surface area contributed by atoms with Crippen LogP contribution in [0.4, 0.5) is 0 Å². The van der Waals surface area contributed by atoms with E-state index in [1.54, 1.807) is 38.5 Å². The highest BCUT2D eigenvalue weighted by Gasteiger charge is 2.27. The van der Waals surface area contributed by atoms with Gasteiger partial charge in [-0.25, -0.2) is 8.42 Å². The number of sulfonamides is 1. The molecule has 0 fully saturated rings. The number of carbonyl (C=O) groups excluding carboxylic acids is 1. The number of nitrogens with zero attached hydrogens (tertiary/aromatic N) is 1. The number of amides is 1. The first-order valence-corrected chi connectivity index (χ1v) is 11.1. The quantitative estimate of drug-likeness (QED) is 0.665. The van der Waals surface area contributed by atoms with E-state index < -0.39 is 10.0 Å². The molecule has 0 aliphatic carbocycles. The van der Waals surface area contributed by atoms with Crippen LogP contribution in [0.5, 0.6) is 11.5 Å². The van der Waals surface area contributed by atoms with Crippen molar-refractivity contribution < 1.29 is 22.7 Å². The minimum atomic E-state index is -3.41. The summed E-state index contributed by atoms with van der Waals surface area (Å²) < 4.78 is 37.6. The maximum Gasteiger partial charge on any atom is 0.251 e. The summed E-state index contributed by atoms with van der Waals surface area (Å²) >= 11 is 0. The maximum absolute atomic E-state index is 12.7. The largest absolute Gasteiger partial charge is 0.493 e. The molecule has 0 saturated heterocycles. The molecule has 0 bridgehead atoms. The van der Waals surface area contributed by atoms with Gasteiger partial charge in [-0.05, 0) is 48.2 Å². The molecule has 7 nitrogen and oxygen atoms in total. The third-order valence-corrected chi connectivity index (χ3v) is 6.88. The fourth-order valence-corrected chi connectivity index (χ4v) is 4.84. The maximum atomic E-state index is 12.7. The third-order valence-electron chi connectivity index (χ3n) is 4.98. The Hall–Kier alpha value is -2.58. The standard InChI is InChI=1S/C21H26N2O5S/c1-27-19-13-17-9-11-23(15-18(17)14-20(19)28-2)29(25,26)12-6-10-22-21(24)16-7-4-3-5-8-16/h3-5,7-8,13-14H,6,9-12,15H2,1-2H3,(H,22,24). The summed E-state index contributed by atoms with van der Waals surface area (Å²) in [6.45, 7) is 1.05. The number of fused-ring (bicyclic) bond motifs is 1. The Morgan fingerprint density at radius 1 is 1.07 bits per heavy atom. The van der Waals surface area contributed by atoms with Crippen molar-refractivity contribution in [1.29, 1.82) is 0 Å². The number of hydrogen-bond acceptors (Lipinski definition) is 5. The lowest BCUT2D eigenvalue weighted by molar-refractivity contribution is 0.0953.